The van der Waals surface area contributed by atoms with Crippen molar-refractivity contribution in [1.29, 1.82) is 0 Å². The zero-order chi connectivity index (χ0) is 16.1. The summed E-state index contributed by atoms with van der Waals surface area (Å²) in [5.74, 6) is 0. The van der Waals surface area contributed by atoms with Crippen LogP contribution in [0.2, 0.25) is 0 Å². The van der Waals surface area contributed by atoms with Crippen LogP contribution in [0.15, 0.2) is 23.0 Å². The van der Waals surface area contributed by atoms with Gasteiger partial charge < -0.3 is 14.6 Å². The number of hydrogen-bond donors (Lipinski definition) is 1. The van der Waals surface area contributed by atoms with Gasteiger partial charge in [-0.3, -0.25) is 4.57 Å². The van der Waals surface area contributed by atoms with Crippen LogP contribution in [0.3, 0.4) is 0 Å². The molecule has 0 radical (unpaired) electrons. The number of ether oxygens (including phenoxy) is 1. The van der Waals surface area contributed by atoms with Crippen LogP contribution >= 0.6 is 0 Å². The van der Waals surface area contributed by atoms with Gasteiger partial charge >= 0.3 is 11.8 Å². The van der Waals surface area contributed by atoms with Gasteiger partial charge in [0.2, 0.25) is 0 Å². The van der Waals surface area contributed by atoms with Gasteiger partial charge in [0.15, 0.2) is 0 Å². The second-order valence-corrected chi connectivity index (χ2v) is 6.80. The van der Waals surface area contributed by atoms with Crippen LogP contribution in [0.1, 0.15) is 26.3 Å². The number of para-hydroxylation sites is 1. The van der Waals surface area contributed by atoms with E-state index in [1.807, 2.05) is 39.0 Å². The maximum Gasteiger partial charge on any atom is 0.410 e. The van der Waals surface area contributed by atoms with Crippen molar-refractivity contribution in [1.82, 2.24) is 14.5 Å². The fourth-order valence-corrected chi connectivity index (χ4v) is 2.91. The Morgan fingerprint density at radius 3 is 2.86 bits per heavy atom. The Bertz CT molecular complexity index is 782. The van der Waals surface area contributed by atoms with E-state index in [0.29, 0.717) is 13.0 Å². The summed E-state index contributed by atoms with van der Waals surface area (Å²) in [7, 11) is 1.72. The van der Waals surface area contributed by atoms with E-state index in [1.165, 1.54) is 0 Å². The monoisotopic (exact) mass is 305 g/mol. The number of rotatable bonds is 1. The smallest absolute Gasteiger partial charge is 0.410 e. The molecule has 0 unspecified atom stereocenters. The second-order valence-electron chi connectivity index (χ2n) is 6.80. The predicted octanol–water partition coefficient (Wildman–Crippen LogP) is 2.12. The van der Waals surface area contributed by atoms with E-state index in [2.05, 4.69) is 4.98 Å². The van der Waals surface area contributed by atoms with E-state index in [-0.39, 0.29) is 17.8 Å². The number of imidazole rings is 1. The minimum Gasteiger partial charge on any atom is -0.444 e. The van der Waals surface area contributed by atoms with Gasteiger partial charge in [-0.05, 0) is 38.8 Å². The molecule has 1 aliphatic heterocycles. The van der Waals surface area contributed by atoms with Gasteiger partial charge in [-0.2, -0.15) is 0 Å². The molecule has 22 heavy (non-hydrogen) atoms. The summed E-state index contributed by atoms with van der Waals surface area (Å²) in [6.45, 7) is 6.00. The molecule has 118 valence electrons. The number of aromatic nitrogens is 2. The molecule has 0 fully saturated rings. The summed E-state index contributed by atoms with van der Waals surface area (Å²) in [5, 5.41) is 0. The van der Waals surface area contributed by atoms with Crippen molar-refractivity contribution in [3.63, 3.8) is 0 Å². The van der Waals surface area contributed by atoms with Crippen molar-refractivity contribution in [2.75, 3.05) is 7.05 Å². The van der Waals surface area contributed by atoms with Gasteiger partial charge in [0.25, 0.3) is 0 Å². The van der Waals surface area contributed by atoms with E-state index < -0.39 is 5.60 Å². The summed E-state index contributed by atoms with van der Waals surface area (Å²) in [5.41, 5.74) is 2.20. The fraction of sp³-hybridized carbons (Fsp3) is 0.500. The molecule has 2 aromatic rings. The Labute approximate surface area is 128 Å². The van der Waals surface area contributed by atoms with Crippen LogP contribution in [0.4, 0.5) is 4.79 Å². The highest BCUT2D eigenvalue weighted by molar-refractivity contribution is 5.80. The molecule has 1 N–H and O–H groups in total. The van der Waals surface area contributed by atoms with E-state index in [9.17, 15) is 9.59 Å². The highest BCUT2D eigenvalue weighted by Crippen LogP contribution is 2.25. The molecule has 1 aromatic carbocycles. The second kappa shape index (κ2) is 4.90. The van der Waals surface area contributed by atoms with Crippen LogP contribution in [0.25, 0.3) is 11.0 Å². The van der Waals surface area contributed by atoms with Gasteiger partial charge in [-0.15, -0.1) is 0 Å². The van der Waals surface area contributed by atoms with Crippen molar-refractivity contribution in [3.05, 3.63) is 34.2 Å². The number of nitrogens with zero attached hydrogens (tertiary/aromatic N) is 2. The van der Waals surface area contributed by atoms with Crippen molar-refractivity contribution in [2.45, 2.75) is 45.4 Å². The Balaban J connectivity index is 1.89. The van der Waals surface area contributed by atoms with Crippen LogP contribution in [0, 0.1) is 0 Å². The summed E-state index contributed by atoms with van der Waals surface area (Å²) in [6.07, 6.45) is 0.349. The molecule has 0 bridgehead atoms. The number of hydrogen-bond acceptors (Lipinski definition) is 3. The van der Waals surface area contributed by atoms with Gasteiger partial charge in [-0.25, -0.2) is 9.59 Å². The number of aromatic amines is 1. The number of amides is 1. The average Bonchev–Trinajstić information content (AvgIpc) is 2.74. The third-order valence-corrected chi connectivity index (χ3v) is 3.95. The van der Waals surface area contributed by atoms with Crippen molar-refractivity contribution in [2.24, 2.45) is 0 Å². The number of likely N-dealkylation sites (N-methyl/N-ethyl adjacent to an activating group) is 1. The molecule has 1 aromatic heterocycles. The van der Waals surface area contributed by atoms with Gasteiger partial charge in [0.05, 0.1) is 17.1 Å². The van der Waals surface area contributed by atoms with Crippen LogP contribution in [0.5, 0.6) is 0 Å². The molecule has 0 aliphatic carbocycles. The standard InChI is InChI=1S/C16H21N3O3/c1-16(2,3)22-15(21)18(4)11-8-10-6-5-7-12-13(10)19(9-11)14(20)17-12/h5-7,11H,8-9H2,1-4H3,(H,17,20)/t11-/m1/s1/i14+2. The van der Waals surface area contributed by atoms with E-state index in [1.54, 1.807) is 16.5 Å². The normalized spacial score (nSPS) is 17.5. The maximum atomic E-state index is 12.2. The first-order chi connectivity index (χ1) is 10.3. The zero-order valence-corrected chi connectivity index (χ0v) is 13.3. The molecular formula is C16H21N3O3. The highest BCUT2D eigenvalue weighted by Gasteiger charge is 2.30. The molecule has 1 aliphatic rings. The lowest BCUT2D eigenvalue weighted by Crippen LogP contribution is -2.46. The van der Waals surface area contributed by atoms with Crippen molar-refractivity contribution in [3.8, 4) is 0 Å². The maximum absolute atomic E-state index is 12.2. The van der Waals surface area contributed by atoms with Gasteiger partial charge in [-0.1, -0.05) is 12.1 Å². The molecule has 1 atom stereocenters. The molecule has 3 rings (SSSR count). The Morgan fingerprint density at radius 1 is 1.45 bits per heavy atom. The van der Waals surface area contributed by atoms with Crippen molar-refractivity contribution >= 4 is 17.1 Å². The fourth-order valence-electron chi connectivity index (χ4n) is 2.91. The number of nitrogens with one attached hydrogen (secondary N) is 1. The van der Waals surface area contributed by atoms with E-state index in [0.717, 1.165) is 16.6 Å². The minimum absolute atomic E-state index is 0.0959. The molecule has 0 saturated heterocycles. The SMILES string of the molecule is CN(C(=O)OC(C)(C)C)[C@@H]1Cc2cccc3[nH][14c](=O)n(c23)C1. The number of carbonyl (C=O) groups excluding carboxylic acids is 1. The number of carbonyl (C=O) groups is 1. The zero-order valence-electron chi connectivity index (χ0n) is 13.3. The van der Waals surface area contributed by atoms with Crippen LogP contribution in [-0.4, -0.2) is 39.2 Å². The van der Waals surface area contributed by atoms with Gasteiger partial charge in [0, 0.05) is 13.6 Å². The summed E-state index contributed by atoms with van der Waals surface area (Å²) in [6, 6.07) is 5.73. The molecule has 0 spiro atoms. The molecule has 0 saturated carbocycles. The molecule has 2 heterocycles. The number of H-pyrrole nitrogens is 1. The minimum atomic E-state index is -0.532. The number of benzene rings is 1. The molecule has 6 nitrogen and oxygen atoms in total. The molecule has 1 amide bonds. The summed E-state index contributed by atoms with van der Waals surface area (Å²) >= 11 is 0. The lowest BCUT2D eigenvalue weighted by atomic mass is 10.00. The quantitative estimate of drug-likeness (QED) is 0.877. The topological polar surface area (TPSA) is 67.3 Å². The highest BCUT2D eigenvalue weighted by atomic mass is 16.6. The van der Waals surface area contributed by atoms with E-state index >= 15 is 0 Å². The Hall–Kier alpha value is -2.24. The van der Waals surface area contributed by atoms with Gasteiger partial charge in [0.1, 0.15) is 5.60 Å². The Morgan fingerprint density at radius 2 is 2.18 bits per heavy atom. The first kappa shape index (κ1) is 14.7. The van der Waals surface area contributed by atoms with Crippen LogP contribution < -0.4 is 5.69 Å². The van der Waals surface area contributed by atoms with E-state index in [4.69, 9.17) is 4.74 Å². The predicted molar refractivity (Wildman–Crippen MR) is 84.0 cm³/mol. The lowest BCUT2D eigenvalue weighted by Gasteiger charge is -2.33. The first-order valence-electron chi connectivity index (χ1n) is 7.42. The Kier molecular flexibility index (Phi) is 3.27. The third-order valence-electron chi connectivity index (χ3n) is 3.95. The van der Waals surface area contributed by atoms with Crippen LogP contribution in [-0.2, 0) is 17.7 Å². The average molecular weight is 305 g/mol. The molecular weight excluding hydrogens is 284 g/mol. The largest absolute Gasteiger partial charge is 0.444 e. The summed E-state index contributed by atoms with van der Waals surface area (Å²) in [4.78, 5) is 28.8. The third kappa shape index (κ3) is 2.49. The summed E-state index contributed by atoms with van der Waals surface area (Å²) < 4.78 is 7.13. The van der Waals surface area contributed by atoms with Crippen molar-refractivity contribution < 1.29 is 9.53 Å². The molecule has 6 heteroatoms. The first-order valence-corrected chi connectivity index (χ1v) is 7.42. The lowest BCUT2D eigenvalue weighted by molar-refractivity contribution is 0.0204.